The minimum atomic E-state index is -0.707. The highest BCUT2D eigenvalue weighted by molar-refractivity contribution is 5.95. The van der Waals surface area contributed by atoms with E-state index in [9.17, 15) is 9.59 Å². The highest BCUT2D eigenvalue weighted by atomic mass is 16.6. The van der Waals surface area contributed by atoms with E-state index in [1.807, 2.05) is 75.8 Å². The number of para-hydroxylation sites is 1. The van der Waals surface area contributed by atoms with Crippen molar-refractivity contribution in [1.82, 2.24) is 14.5 Å². The van der Waals surface area contributed by atoms with Crippen molar-refractivity contribution >= 4 is 17.7 Å². The molecule has 0 fully saturated rings. The molecule has 1 aliphatic heterocycles. The van der Waals surface area contributed by atoms with Gasteiger partial charge in [0.2, 0.25) is 5.91 Å². The molecule has 0 spiro atoms. The Kier molecular flexibility index (Phi) is 8.26. The second-order valence-corrected chi connectivity index (χ2v) is 12.3. The van der Waals surface area contributed by atoms with Crippen LogP contribution in [-0.2, 0) is 28.0 Å². The van der Waals surface area contributed by atoms with Gasteiger partial charge in [-0.1, -0.05) is 109 Å². The summed E-state index contributed by atoms with van der Waals surface area (Å²) < 4.78 is 7.78. The van der Waals surface area contributed by atoms with Crippen LogP contribution in [0.4, 0.5) is 10.5 Å². The smallest absolute Gasteiger partial charge is 0.410 e. The Balaban J connectivity index is 1.34. The fraction of sp³-hybridized carbons (Fsp3) is 0.237. The van der Waals surface area contributed by atoms with Crippen molar-refractivity contribution in [2.75, 3.05) is 18.0 Å². The lowest BCUT2D eigenvalue weighted by Gasteiger charge is -2.37. The van der Waals surface area contributed by atoms with Crippen LogP contribution < -0.4 is 4.90 Å². The molecule has 7 nitrogen and oxygen atoms in total. The highest BCUT2D eigenvalue weighted by Gasteiger charge is 2.38. The van der Waals surface area contributed by atoms with E-state index in [1.165, 1.54) is 0 Å². The number of rotatable bonds is 6. The number of ether oxygens (including phenoxy) is 1. The molecule has 0 aliphatic carbocycles. The van der Waals surface area contributed by atoms with E-state index < -0.39 is 11.1 Å². The Hall–Kier alpha value is -5.17. The largest absolute Gasteiger partial charge is 0.444 e. The molecule has 7 heteroatoms. The molecule has 4 aromatic carbocycles. The number of fused-ring (bicyclic) bond motifs is 1. The van der Waals surface area contributed by atoms with Crippen LogP contribution in [0.2, 0.25) is 0 Å². The number of hydrogen-bond acceptors (Lipinski definition) is 4. The first kappa shape index (κ1) is 29.9. The maximum Gasteiger partial charge on any atom is 0.410 e. The van der Waals surface area contributed by atoms with Gasteiger partial charge in [-0.2, -0.15) is 0 Å². The van der Waals surface area contributed by atoms with Gasteiger partial charge < -0.3 is 19.1 Å². The van der Waals surface area contributed by atoms with Crippen LogP contribution >= 0.6 is 0 Å². The summed E-state index contributed by atoms with van der Waals surface area (Å²) in [7, 11) is 0. The molecule has 1 aromatic heterocycles. The van der Waals surface area contributed by atoms with Gasteiger partial charge in [-0.25, -0.2) is 9.78 Å². The summed E-state index contributed by atoms with van der Waals surface area (Å²) >= 11 is 0. The molecule has 0 unspecified atom stereocenters. The summed E-state index contributed by atoms with van der Waals surface area (Å²) in [5.74, 6) is -0.0801. The second-order valence-electron chi connectivity index (χ2n) is 12.3. The zero-order valence-electron chi connectivity index (χ0n) is 26.0. The maximum absolute atomic E-state index is 14.0. The molecule has 0 saturated heterocycles. The molecule has 45 heavy (non-hydrogen) atoms. The monoisotopic (exact) mass is 598 g/mol. The van der Waals surface area contributed by atoms with Crippen LogP contribution in [0.5, 0.6) is 0 Å². The van der Waals surface area contributed by atoms with Crippen LogP contribution in [-0.4, -0.2) is 45.1 Å². The average molecular weight is 599 g/mol. The minimum absolute atomic E-state index is 0.0801. The van der Waals surface area contributed by atoms with Gasteiger partial charge in [-0.05, 0) is 49.1 Å². The van der Waals surface area contributed by atoms with E-state index in [0.29, 0.717) is 25.3 Å². The molecule has 0 saturated carbocycles. The molecule has 0 radical (unpaired) electrons. The van der Waals surface area contributed by atoms with Gasteiger partial charge in [-0.3, -0.25) is 4.79 Å². The average Bonchev–Trinajstić information content (AvgIpc) is 3.41. The third-order valence-electron chi connectivity index (χ3n) is 8.12. The lowest BCUT2D eigenvalue weighted by Crippen LogP contribution is -2.40. The molecule has 5 aromatic rings. The molecule has 1 aliphatic rings. The lowest BCUT2D eigenvalue weighted by molar-refractivity contribution is -0.118. The van der Waals surface area contributed by atoms with Crippen molar-refractivity contribution in [3.05, 3.63) is 156 Å². The van der Waals surface area contributed by atoms with E-state index in [0.717, 1.165) is 27.9 Å². The van der Waals surface area contributed by atoms with Gasteiger partial charge in [-0.15, -0.1) is 0 Å². The van der Waals surface area contributed by atoms with E-state index >= 15 is 0 Å². The Morgan fingerprint density at radius 2 is 1.27 bits per heavy atom. The maximum atomic E-state index is 14.0. The number of carbonyl (C=O) groups is 2. The first-order chi connectivity index (χ1) is 21.8. The SMILES string of the molecule is CC(C)(C)OC(=O)N1CCN(C(=O)Cc2cn(C(c3ccccc3)(c3ccccc3)c3ccccc3)cn2)c2ccccc2C1. The van der Waals surface area contributed by atoms with Gasteiger partial charge in [0, 0.05) is 25.0 Å². The van der Waals surface area contributed by atoms with Gasteiger partial charge in [0.05, 0.1) is 25.0 Å². The molecular weight excluding hydrogens is 560 g/mol. The fourth-order valence-corrected chi connectivity index (χ4v) is 6.15. The Morgan fingerprint density at radius 1 is 0.733 bits per heavy atom. The van der Waals surface area contributed by atoms with Gasteiger partial charge in [0.25, 0.3) is 0 Å². The van der Waals surface area contributed by atoms with E-state index in [4.69, 9.17) is 9.72 Å². The third kappa shape index (κ3) is 6.11. The van der Waals surface area contributed by atoms with Crippen molar-refractivity contribution < 1.29 is 14.3 Å². The fourth-order valence-electron chi connectivity index (χ4n) is 6.15. The van der Waals surface area contributed by atoms with Crippen molar-refractivity contribution in [3.8, 4) is 0 Å². The summed E-state index contributed by atoms with van der Waals surface area (Å²) in [5.41, 5.74) is 4.31. The number of carbonyl (C=O) groups excluding carboxylic acids is 2. The second kappa shape index (κ2) is 12.4. The number of aromatic nitrogens is 2. The zero-order valence-corrected chi connectivity index (χ0v) is 26.0. The molecular formula is C38H38N4O3. The first-order valence-electron chi connectivity index (χ1n) is 15.3. The van der Waals surface area contributed by atoms with E-state index in [-0.39, 0.29) is 18.4 Å². The standard InChI is InChI=1S/C38H38N4O3/c1-37(2,3)45-36(44)40-23-24-42(34-22-14-13-15-29(34)26-40)35(43)25-33-27-41(28-39-33)38(30-16-7-4-8-17-30,31-18-9-5-10-19-31)32-20-11-6-12-21-32/h4-22,27-28H,23-26H2,1-3H3. The predicted octanol–water partition coefficient (Wildman–Crippen LogP) is 7.05. The number of imidazole rings is 1. The Labute approximate surface area is 264 Å². The first-order valence-corrected chi connectivity index (χ1v) is 15.3. The Bertz CT molecular complexity index is 1660. The molecule has 0 N–H and O–H groups in total. The van der Waals surface area contributed by atoms with Gasteiger partial charge >= 0.3 is 6.09 Å². The summed E-state index contributed by atoms with van der Waals surface area (Å²) in [6.07, 6.45) is 3.55. The van der Waals surface area contributed by atoms with Crippen molar-refractivity contribution in [3.63, 3.8) is 0 Å². The topological polar surface area (TPSA) is 67.7 Å². The van der Waals surface area contributed by atoms with Crippen molar-refractivity contribution in [2.45, 2.75) is 44.9 Å². The third-order valence-corrected chi connectivity index (χ3v) is 8.12. The molecule has 228 valence electrons. The van der Waals surface area contributed by atoms with Crippen LogP contribution in [0.15, 0.2) is 128 Å². The minimum Gasteiger partial charge on any atom is -0.444 e. The predicted molar refractivity (Wildman–Crippen MR) is 176 cm³/mol. The van der Waals surface area contributed by atoms with Crippen LogP contribution in [0.25, 0.3) is 0 Å². The quantitative estimate of drug-likeness (QED) is 0.197. The number of anilines is 1. The highest BCUT2D eigenvalue weighted by Crippen LogP contribution is 2.41. The summed E-state index contributed by atoms with van der Waals surface area (Å²) in [6.45, 7) is 6.66. The van der Waals surface area contributed by atoms with Crippen LogP contribution in [0.3, 0.4) is 0 Å². The number of nitrogens with zero attached hydrogens (tertiary/aromatic N) is 4. The number of amides is 2. The van der Waals surface area contributed by atoms with E-state index in [1.54, 1.807) is 9.80 Å². The summed E-state index contributed by atoms with van der Waals surface area (Å²) in [6, 6.07) is 38.9. The van der Waals surface area contributed by atoms with Crippen LogP contribution in [0, 0.1) is 0 Å². The summed E-state index contributed by atoms with van der Waals surface area (Å²) in [4.78, 5) is 35.2. The molecule has 0 bridgehead atoms. The lowest BCUT2D eigenvalue weighted by atomic mass is 9.77. The molecule has 2 heterocycles. The molecule has 2 amide bonds. The van der Waals surface area contributed by atoms with Gasteiger partial charge in [0.1, 0.15) is 11.1 Å². The van der Waals surface area contributed by atoms with Gasteiger partial charge in [0.15, 0.2) is 0 Å². The zero-order chi connectivity index (χ0) is 31.4. The number of hydrogen-bond donors (Lipinski definition) is 0. The Morgan fingerprint density at radius 3 is 1.82 bits per heavy atom. The molecule has 0 atom stereocenters. The summed E-state index contributed by atoms with van der Waals surface area (Å²) in [5, 5.41) is 0. The van der Waals surface area contributed by atoms with Crippen molar-refractivity contribution in [1.29, 1.82) is 0 Å². The molecule has 6 rings (SSSR count). The van der Waals surface area contributed by atoms with Crippen molar-refractivity contribution in [2.24, 2.45) is 0 Å². The normalized spacial score (nSPS) is 13.6. The van der Waals surface area contributed by atoms with Crippen LogP contribution in [0.1, 0.15) is 48.7 Å². The number of benzene rings is 4. The van der Waals surface area contributed by atoms with E-state index in [2.05, 4.69) is 77.4 Å².